The van der Waals surface area contributed by atoms with Gasteiger partial charge in [0, 0.05) is 5.57 Å². The number of aliphatic hydroxyl groups excluding tert-OH is 1. The summed E-state index contributed by atoms with van der Waals surface area (Å²) < 4.78 is 59.0. The van der Waals surface area contributed by atoms with Gasteiger partial charge in [0.25, 0.3) is 0 Å². The number of ether oxygens (including phenoxy) is 1. The van der Waals surface area contributed by atoms with Crippen LogP contribution in [0, 0.1) is 0 Å². The molecule has 1 heterocycles. The first kappa shape index (κ1) is 15.8. The van der Waals surface area contributed by atoms with Gasteiger partial charge >= 0.3 is 6.11 Å². The van der Waals surface area contributed by atoms with Gasteiger partial charge in [-0.25, -0.2) is 8.78 Å². The molecule has 1 aliphatic rings. The molecule has 1 aliphatic heterocycles. The van der Waals surface area contributed by atoms with Crippen LogP contribution in [0.1, 0.15) is 6.92 Å². The van der Waals surface area contributed by atoms with Crippen molar-refractivity contribution < 1.29 is 27.4 Å². The smallest absolute Gasteiger partial charge is 0.430 e. The van der Waals surface area contributed by atoms with Crippen LogP contribution in [-0.2, 0) is 4.74 Å². The molecule has 1 fully saturated rings. The van der Waals surface area contributed by atoms with E-state index in [-0.39, 0.29) is 11.1 Å². The lowest BCUT2D eigenvalue weighted by molar-refractivity contribution is -0.185. The summed E-state index contributed by atoms with van der Waals surface area (Å²) in [5, 5.41) is 8.89. The highest BCUT2D eigenvalue weighted by molar-refractivity contribution is 5.60. The number of rotatable bonds is 2. The van der Waals surface area contributed by atoms with Crippen LogP contribution < -0.4 is 0 Å². The fourth-order valence-electron chi connectivity index (χ4n) is 1.48. The van der Waals surface area contributed by atoms with Gasteiger partial charge in [-0.3, -0.25) is 0 Å². The highest BCUT2D eigenvalue weighted by Gasteiger charge is 2.48. The molecule has 1 N–H and O–H groups in total. The SMILES string of the molecule is C=C(C)/C(F)=C1/OC(F)(F)/C(=C(\F)C(=C)O)C(=C)C1=C. The molecule has 108 valence electrons. The van der Waals surface area contributed by atoms with Crippen molar-refractivity contribution in [2.75, 3.05) is 0 Å². The van der Waals surface area contributed by atoms with E-state index in [1.807, 2.05) is 0 Å². The first-order chi connectivity index (χ1) is 9.00. The monoisotopic (exact) mass is 288 g/mol. The van der Waals surface area contributed by atoms with Crippen molar-refractivity contribution in [3.8, 4) is 0 Å². The Bertz CT molecular complexity index is 594. The summed E-state index contributed by atoms with van der Waals surface area (Å²) in [6.45, 7) is 13.8. The van der Waals surface area contributed by atoms with Crippen LogP contribution in [-0.4, -0.2) is 11.2 Å². The van der Waals surface area contributed by atoms with E-state index in [0.29, 0.717) is 0 Å². The molecule has 0 spiro atoms. The molecule has 6 heteroatoms. The Kier molecular flexibility index (Phi) is 3.98. The van der Waals surface area contributed by atoms with Gasteiger partial charge in [0.1, 0.15) is 11.3 Å². The molecule has 0 bridgehead atoms. The number of hydrogen-bond acceptors (Lipinski definition) is 2. The van der Waals surface area contributed by atoms with Crippen molar-refractivity contribution in [2.24, 2.45) is 0 Å². The van der Waals surface area contributed by atoms with E-state index < -0.39 is 40.4 Å². The predicted molar refractivity (Wildman–Crippen MR) is 67.2 cm³/mol. The summed E-state index contributed by atoms with van der Waals surface area (Å²) in [5.41, 5.74) is -2.47. The fourth-order valence-corrected chi connectivity index (χ4v) is 1.48. The lowest BCUT2D eigenvalue weighted by Gasteiger charge is -2.31. The van der Waals surface area contributed by atoms with Gasteiger partial charge < -0.3 is 9.84 Å². The molecule has 0 aromatic heterocycles. The zero-order valence-corrected chi connectivity index (χ0v) is 10.7. The molecule has 0 amide bonds. The van der Waals surface area contributed by atoms with Gasteiger partial charge in [-0.05, 0) is 18.1 Å². The molecule has 2 nitrogen and oxygen atoms in total. The number of allylic oxidation sites excluding steroid dienone is 4. The van der Waals surface area contributed by atoms with Crippen LogP contribution in [0.15, 0.2) is 71.8 Å². The topological polar surface area (TPSA) is 29.5 Å². The Hall–Kier alpha value is -2.24. The molecule has 1 saturated heterocycles. The number of aliphatic hydroxyl groups is 1. The third-order valence-corrected chi connectivity index (χ3v) is 2.51. The molecular weight excluding hydrogens is 276 g/mol. The molecule has 0 aliphatic carbocycles. The maximum absolute atomic E-state index is 13.8. The quantitative estimate of drug-likeness (QED) is 0.585. The van der Waals surface area contributed by atoms with Crippen molar-refractivity contribution in [3.05, 3.63) is 71.8 Å². The van der Waals surface area contributed by atoms with Crippen LogP contribution in [0.2, 0.25) is 0 Å². The van der Waals surface area contributed by atoms with Gasteiger partial charge in [-0.1, -0.05) is 26.3 Å². The summed E-state index contributed by atoms with van der Waals surface area (Å²) in [5.74, 6) is -4.92. The standard InChI is InChI=1S/C14H12F4O2/c1-6(2)11(15)13-8(4)7(3)10(12(16)9(5)19)14(17,18)20-13/h19H,1,3-5H2,2H3/b12-10-,13-11-. The third kappa shape index (κ3) is 2.54. The summed E-state index contributed by atoms with van der Waals surface area (Å²) >= 11 is 0. The third-order valence-electron chi connectivity index (χ3n) is 2.51. The van der Waals surface area contributed by atoms with Gasteiger partial charge in [-0.15, -0.1) is 0 Å². The van der Waals surface area contributed by atoms with Crippen molar-refractivity contribution >= 4 is 0 Å². The minimum atomic E-state index is -4.23. The molecule has 0 atom stereocenters. The molecule has 0 saturated carbocycles. The molecule has 0 unspecified atom stereocenters. The summed E-state index contributed by atoms with van der Waals surface area (Å²) in [6, 6.07) is 0. The molecule has 0 aromatic carbocycles. The van der Waals surface area contributed by atoms with E-state index in [1.165, 1.54) is 6.92 Å². The van der Waals surface area contributed by atoms with Crippen LogP contribution in [0.4, 0.5) is 17.6 Å². The van der Waals surface area contributed by atoms with E-state index in [9.17, 15) is 17.6 Å². The second kappa shape index (κ2) is 5.03. The van der Waals surface area contributed by atoms with Crippen molar-refractivity contribution in [3.63, 3.8) is 0 Å². The molecule has 0 radical (unpaired) electrons. The average molecular weight is 288 g/mol. The van der Waals surface area contributed by atoms with Crippen LogP contribution in [0.3, 0.4) is 0 Å². The van der Waals surface area contributed by atoms with Crippen molar-refractivity contribution in [1.29, 1.82) is 0 Å². The summed E-state index contributed by atoms with van der Waals surface area (Å²) in [4.78, 5) is 0. The van der Waals surface area contributed by atoms with Gasteiger partial charge in [0.15, 0.2) is 17.4 Å². The van der Waals surface area contributed by atoms with Gasteiger partial charge in [-0.2, -0.15) is 8.78 Å². The predicted octanol–water partition coefficient (Wildman–Crippen LogP) is 4.77. The van der Waals surface area contributed by atoms with Crippen LogP contribution in [0.25, 0.3) is 0 Å². The van der Waals surface area contributed by atoms with E-state index >= 15 is 0 Å². The molecule has 1 rings (SSSR count). The zero-order valence-electron chi connectivity index (χ0n) is 10.7. The highest BCUT2D eigenvalue weighted by Crippen LogP contribution is 2.47. The second-order valence-electron chi connectivity index (χ2n) is 4.14. The zero-order chi connectivity index (χ0) is 15.8. The lowest BCUT2D eigenvalue weighted by Crippen LogP contribution is -2.32. The van der Waals surface area contributed by atoms with Crippen LogP contribution >= 0.6 is 0 Å². The van der Waals surface area contributed by atoms with E-state index in [2.05, 4.69) is 31.1 Å². The maximum atomic E-state index is 13.8. The number of alkyl halides is 2. The maximum Gasteiger partial charge on any atom is 0.430 e. The Labute approximate surface area is 113 Å². The lowest BCUT2D eigenvalue weighted by atomic mass is 9.93. The van der Waals surface area contributed by atoms with E-state index in [0.717, 1.165) is 0 Å². The number of hydrogen-bond donors (Lipinski definition) is 1. The van der Waals surface area contributed by atoms with Gasteiger partial charge in [0.2, 0.25) is 0 Å². The van der Waals surface area contributed by atoms with E-state index in [4.69, 9.17) is 5.11 Å². The van der Waals surface area contributed by atoms with Crippen LogP contribution in [0.5, 0.6) is 0 Å². The Morgan fingerprint density at radius 1 is 1.10 bits per heavy atom. The van der Waals surface area contributed by atoms with Crippen molar-refractivity contribution in [1.82, 2.24) is 0 Å². The highest BCUT2D eigenvalue weighted by atomic mass is 19.3. The first-order valence-corrected chi connectivity index (χ1v) is 5.30. The molecule has 0 aromatic rings. The Morgan fingerprint density at radius 2 is 1.60 bits per heavy atom. The first-order valence-electron chi connectivity index (χ1n) is 5.30. The average Bonchev–Trinajstić information content (AvgIpc) is 2.32. The van der Waals surface area contributed by atoms with Gasteiger partial charge in [0.05, 0.1) is 0 Å². The normalized spacial score (nSPS) is 23.1. The summed E-state index contributed by atoms with van der Waals surface area (Å²) in [6.07, 6.45) is -4.23. The minimum Gasteiger partial charge on any atom is -0.505 e. The Morgan fingerprint density at radius 3 is 2.00 bits per heavy atom. The fraction of sp³-hybridized carbons (Fsp3) is 0.143. The second-order valence-corrected chi connectivity index (χ2v) is 4.14. The molecular formula is C14H12F4O2. The number of halogens is 4. The largest absolute Gasteiger partial charge is 0.505 e. The summed E-state index contributed by atoms with van der Waals surface area (Å²) in [7, 11) is 0. The van der Waals surface area contributed by atoms with E-state index in [1.54, 1.807) is 0 Å². The minimum absolute atomic E-state index is 0.163. The molecule has 20 heavy (non-hydrogen) atoms. The Balaban J connectivity index is 3.53. The van der Waals surface area contributed by atoms with Crippen molar-refractivity contribution in [2.45, 2.75) is 13.0 Å².